The topological polar surface area (TPSA) is 108 Å². The number of urea groups is 1. The van der Waals surface area contributed by atoms with Gasteiger partial charge in [-0.3, -0.25) is 4.79 Å². The number of hydrogen-bond donors (Lipinski definition) is 3. The van der Waals surface area contributed by atoms with E-state index in [2.05, 4.69) is 15.4 Å². The van der Waals surface area contributed by atoms with Gasteiger partial charge in [-0.2, -0.15) is 0 Å². The van der Waals surface area contributed by atoms with Crippen molar-refractivity contribution in [2.75, 3.05) is 30.0 Å². The van der Waals surface area contributed by atoms with Gasteiger partial charge in [-0.05, 0) is 43.9 Å². The van der Waals surface area contributed by atoms with Gasteiger partial charge in [-0.15, -0.1) is 0 Å². The van der Waals surface area contributed by atoms with Crippen molar-refractivity contribution in [3.63, 3.8) is 0 Å². The van der Waals surface area contributed by atoms with Crippen molar-refractivity contribution < 1.29 is 22.4 Å². The number of piperidine rings is 1. The van der Waals surface area contributed by atoms with Crippen LogP contribution in [0.5, 0.6) is 0 Å². The summed E-state index contributed by atoms with van der Waals surface area (Å²) in [6.45, 7) is 0.756. The van der Waals surface area contributed by atoms with Gasteiger partial charge in [0.25, 0.3) is 0 Å². The van der Waals surface area contributed by atoms with Crippen molar-refractivity contribution in [2.45, 2.75) is 51.0 Å². The third kappa shape index (κ3) is 6.40. The van der Waals surface area contributed by atoms with Gasteiger partial charge in [-0.1, -0.05) is 19.3 Å². The highest BCUT2D eigenvalue weighted by atomic mass is 32.2. The highest BCUT2D eigenvalue weighted by molar-refractivity contribution is 7.88. The number of carbonyl (C=O) groups excluding carboxylic acids is 2. The van der Waals surface area contributed by atoms with E-state index in [9.17, 15) is 22.4 Å². The molecule has 1 aliphatic heterocycles. The lowest BCUT2D eigenvalue weighted by Crippen LogP contribution is -2.50. The van der Waals surface area contributed by atoms with Crippen LogP contribution in [0.25, 0.3) is 0 Å². The highest BCUT2D eigenvalue weighted by Crippen LogP contribution is 2.27. The molecule has 1 unspecified atom stereocenters. The Morgan fingerprint density at radius 1 is 1.07 bits per heavy atom. The van der Waals surface area contributed by atoms with Gasteiger partial charge in [0.15, 0.2) is 0 Å². The zero-order valence-electron chi connectivity index (χ0n) is 17.1. The summed E-state index contributed by atoms with van der Waals surface area (Å²) in [7, 11) is -3.35. The Balaban J connectivity index is 1.61. The van der Waals surface area contributed by atoms with Gasteiger partial charge < -0.3 is 15.5 Å². The Kier molecular flexibility index (Phi) is 7.30. The fraction of sp³-hybridized carbons (Fsp3) is 0.600. The Labute approximate surface area is 176 Å². The standard InChI is InChI=1S/C20H29FN4O4S/c1-30(28,29)24-16-8-5-11-25(13-16)20(27)22-15-9-10-17(21)18(12-15)23-19(26)14-6-3-2-4-7-14/h9-10,12,14,16,24H,2-8,11,13H2,1H3,(H,22,27)(H,23,26). The maximum atomic E-state index is 14.2. The zero-order chi connectivity index (χ0) is 21.7. The minimum atomic E-state index is -3.35. The van der Waals surface area contributed by atoms with E-state index in [1.807, 2.05) is 0 Å². The van der Waals surface area contributed by atoms with Crippen molar-refractivity contribution in [2.24, 2.45) is 5.92 Å². The first-order valence-electron chi connectivity index (χ1n) is 10.3. The number of carbonyl (C=O) groups is 2. The largest absolute Gasteiger partial charge is 0.323 e. The molecule has 1 aliphatic carbocycles. The monoisotopic (exact) mass is 440 g/mol. The van der Waals surface area contributed by atoms with Crippen LogP contribution in [-0.2, 0) is 14.8 Å². The molecule has 0 bridgehead atoms. The molecule has 2 aliphatic rings. The Morgan fingerprint density at radius 3 is 2.50 bits per heavy atom. The molecule has 1 aromatic rings. The number of halogens is 1. The Morgan fingerprint density at radius 2 is 1.80 bits per heavy atom. The second-order valence-electron chi connectivity index (χ2n) is 8.12. The van der Waals surface area contributed by atoms with Crippen molar-refractivity contribution in [3.8, 4) is 0 Å². The predicted molar refractivity (Wildman–Crippen MR) is 113 cm³/mol. The summed E-state index contributed by atoms with van der Waals surface area (Å²) in [5.74, 6) is -0.862. The number of rotatable bonds is 5. The molecule has 3 amide bonds. The molecule has 1 heterocycles. The molecule has 1 aromatic carbocycles. The Bertz CT molecular complexity index is 887. The second-order valence-corrected chi connectivity index (χ2v) is 9.90. The van der Waals surface area contributed by atoms with Crippen molar-refractivity contribution >= 4 is 33.3 Å². The average molecular weight is 441 g/mol. The smallest absolute Gasteiger partial charge is 0.321 e. The van der Waals surface area contributed by atoms with E-state index in [1.54, 1.807) is 0 Å². The molecule has 1 saturated carbocycles. The summed E-state index contributed by atoms with van der Waals surface area (Å²) >= 11 is 0. The molecule has 166 valence electrons. The number of amides is 3. The third-order valence-corrected chi connectivity index (χ3v) is 6.30. The van der Waals surface area contributed by atoms with Crippen LogP contribution in [-0.4, -0.2) is 50.6 Å². The van der Waals surface area contributed by atoms with E-state index in [1.165, 1.54) is 23.1 Å². The number of nitrogens with zero attached hydrogens (tertiary/aromatic N) is 1. The highest BCUT2D eigenvalue weighted by Gasteiger charge is 2.26. The lowest BCUT2D eigenvalue weighted by Gasteiger charge is -2.32. The molecule has 1 atom stereocenters. The van der Waals surface area contributed by atoms with Crippen LogP contribution in [0, 0.1) is 11.7 Å². The molecule has 10 heteroatoms. The van der Waals surface area contributed by atoms with Gasteiger partial charge in [0, 0.05) is 30.7 Å². The van der Waals surface area contributed by atoms with Crippen LogP contribution < -0.4 is 15.4 Å². The summed E-state index contributed by atoms with van der Waals surface area (Å²) in [5.41, 5.74) is 0.400. The fourth-order valence-corrected chi connectivity index (χ4v) is 4.86. The Hall–Kier alpha value is -2.20. The van der Waals surface area contributed by atoms with E-state index in [4.69, 9.17) is 0 Å². The van der Waals surface area contributed by atoms with Crippen LogP contribution in [0.4, 0.5) is 20.6 Å². The first-order chi connectivity index (χ1) is 14.2. The molecule has 1 saturated heterocycles. The molecule has 8 nitrogen and oxygen atoms in total. The van der Waals surface area contributed by atoms with E-state index in [0.29, 0.717) is 25.1 Å². The van der Waals surface area contributed by atoms with E-state index >= 15 is 0 Å². The number of benzene rings is 1. The first kappa shape index (κ1) is 22.5. The maximum absolute atomic E-state index is 14.2. The van der Waals surface area contributed by atoms with Gasteiger partial charge in [-0.25, -0.2) is 22.3 Å². The van der Waals surface area contributed by atoms with Crippen LogP contribution in [0.1, 0.15) is 44.9 Å². The average Bonchev–Trinajstić information content (AvgIpc) is 2.70. The summed E-state index contributed by atoms with van der Waals surface area (Å²) in [4.78, 5) is 26.5. The maximum Gasteiger partial charge on any atom is 0.321 e. The first-order valence-corrected chi connectivity index (χ1v) is 12.2. The van der Waals surface area contributed by atoms with Gasteiger partial charge in [0.2, 0.25) is 15.9 Å². The normalized spacial score (nSPS) is 20.6. The summed E-state index contributed by atoms with van der Waals surface area (Å²) in [6.07, 6.45) is 7.16. The molecule has 0 aromatic heterocycles. The van der Waals surface area contributed by atoms with Crippen molar-refractivity contribution in [3.05, 3.63) is 24.0 Å². The number of likely N-dealkylation sites (tertiary alicyclic amines) is 1. The summed E-state index contributed by atoms with van der Waals surface area (Å²) < 4.78 is 39.6. The second kappa shape index (κ2) is 9.74. The lowest BCUT2D eigenvalue weighted by atomic mass is 9.88. The minimum Gasteiger partial charge on any atom is -0.323 e. The summed E-state index contributed by atoms with van der Waals surface area (Å²) in [6, 6.07) is 3.31. The number of anilines is 2. The summed E-state index contributed by atoms with van der Waals surface area (Å²) in [5, 5.41) is 5.36. The van der Waals surface area contributed by atoms with E-state index in [-0.39, 0.29) is 30.1 Å². The van der Waals surface area contributed by atoms with Crippen LogP contribution >= 0.6 is 0 Å². The molecule has 0 radical (unpaired) electrons. The number of nitrogens with one attached hydrogen (secondary N) is 3. The van der Waals surface area contributed by atoms with Crippen LogP contribution in [0.2, 0.25) is 0 Å². The molecule has 3 N–H and O–H groups in total. The molecule has 3 rings (SSSR count). The lowest BCUT2D eigenvalue weighted by molar-refractivity contribution is -0.120. The SMILES string of the molecule is CS(=O)(=O)NC1CCCN(C(=O)Nc2ccc(F)c(NC(=O)C3CCCCC3)c2)C1. The van der Waals surface area contributed by atoms with Crippen molar-refractivity contribution in [1.29, 1.82) is 0 Å². The van der Waals surface area contributed by atoms with Gasteiger partial charge >= 0.3 is 6.03 Å². The molecule has 0 spiro atoms. The predicted octanol–water partition coefficient (Wildman–Crippen LogP) is 2.89. The van der Waals surface area contributed by atoms with Crippen LogP contribution in [0.3, 0.4) is 0 Å². The van der Waals surface area contributed by atoms with Gasteiger partial charge in [0.1, 0.15) is 5.82 Å². The zero-order valence-corrected chi connectivity index (χ0v) is 17.9. The fourth-order valence-electron chi connectivity index (χ4n) is 4.06. The quantitative estimate of drug-likeness (QED) is 0.654. The molecular formula is C20H29FN4O4S. The van der Waals surface area contributed by atoms with Crippen LogP contribution in [0.15, 0.2) is 18.2 Å². The number of sulfonamides is 1. The van der Waals surface area contributed by atoms with E-state index < -0.39 is 21.9 Å². The van der Waals surface area contributed by atoms with Gasteiger partial charge in [0.05, 0.1) is 11.9 Å². The third-order valence-electron chi connectivity index (χ3n) is 5.54. The molecule has 30 heavy (non-hydrogen) atoms. The van der Waals surface area contributed by atoms with E-state index in [0.717, 1.165) is 38.4 Å². The molecule has 2 fully saturated rings. The minimum absolute atomic E-state index is 0.0404. The number of hydrogen-bond acceptors (Lipinski definition) is 4. The molecular weight excluding hydrogens is 411 g/mol. The van der Waals surface area contributed by atoms with Crippen molar-refractivity contribution in [1.82, 2.24) is 9.62 Å².